The summed E-state index contributed by atoms with van der Waals surface area (Å²) in [7, 11) is 4.22. The van der Waals surface area contributed by atoms with E-state index in [0.29, 0.717) is 35.0 Å². The van der Waals surface area contributed by atoms with Crippen LogP contribution in [-0.2, 0) is 12.0 Å². The first-order valence-electron chi connectivity index (χ1n) is 12.9. The van der Waals surface area contributed by atoms with Crippen LogP contribution in [0.25, 0.3) is 0 Å². The second-order valence-electron chi connectivity index (χ2n) is 11.3. The molecule has 37 heavy (non-hydrogen) atoms. The molecule has 2 unspecified atom stereocenters. The third kappa shape index (κ3) is 5.21. The van der Waals surface area contributed by atoms with Crippen LogP contribution in [0.3, 0.4) is 0 Å². The summed E-state index contributed by atoms with van der Waals surface area (Å²) in [6.07, 6.45) is 5.03. The standard InChI is InChI=1S/C30H44O6Si/c1-11-13-20-14-12-15-22-23(16-17-24(32-5)27(22)36-37(9,10)29(2,3)4)30(20,31)21-18-25(33-6)28(35-8)26(19-21)34-7/h11,16-20,31H,1,12-15H2,2-10H3. The Morgan fingerprint density at radius 1 is 0.973 bits per heavy atom. The van der Waals surface area contributed by atoms with Gasteiger partial charge >= 0.3 is 0 Å². The minimum atomic E-state index is -2.20. The Balaban J connectivity index is 2.37. The number of rotatable bonds is 9. The Bertz CT molecular complexity index is 1090. The van der Waals surface area contributed by atoms with Gasteiger partial charge in [-0.25, -0.2) is 0 Å². The predicted molar refractivity (Wildman–Crippen MR) is 151 cm³/mol. The number of methoxy groups -OCH3 is 4. The van der Waals surface area contributed by atoms with Crippen molar-refractivity contribution in [3.05, 3.63) is 53.6 Å². The van der Waals surface area contributed by atoms with Crippen LogP contribution in [0.1, 0.15) is 56.7 Å². The molecule has 0 bridgehead atoms. The molecule has 0 aromatic heterocycles. The highest BCUT2D eigenvalue weighted by Gasteiger charge is 2.46. The van der Waals surface area contributed by atoms with Crippen molar-refractivity contribution in [1.82, 2.24) is 0 Å². The first kappa shape index (κ1) is 28.9. The van der Waals surface area contributed by atoms with Crippen LogP contribution < -0.4 is 23.4 Å². The SMILES string of the molecule is C=CCC1CCCc2c(ccc(OC)c2O[Si](C)(C)C(C)(C)C)C1(O)c1cc(OC)c(OC)c(OC)c1. The van der Waals surface area contributed by atoms with Gasteiger partial charge < -0.3 is 28.5 Å². The van der Waals surface area contributed by atoms with E-state index in [9.17, 15) is 5.11 Å². The van der Waals surface area contributed by atoms with Gasteiger partial charge in [0.05, 0.1) is 28.4 Å². The highest BCUT2D eigenvalue weighted by Crippen LogP contribution is 2.53. The van der Waals surface area contributed by atoms with Gasteiger partial charge in [-0.3, -0.25) is 0 Å². The van der Waals surface area contributed by atoms with Crippen molar-refractivity contribution in [3.8, 4) is 28.7 Å². The van der Waals surface area contributed by atoms with E-state index in [-0.39, 0.29) is 11.0 Å². The van der Waals surface area contributed by atoms with E-state index in [1.54, 1.807) is 28.4 Å². The first-order chi connectivity index (χ1) is 17.4. The van der Waals surface area contributed by atoms with E-state index in [4.69, 9.17) is 23.4 Å². The smallest absolute Gasteiger partial charge is 0.250 e. The van der Waals surface area contributed by atoms with Gasteiger partial charge in [0.2, 0.25) is 5.75 Å². The van der Waals surface area contributed by atoms with Crippen molar-refractivity contribution in [1.29, 1.82) is 0 Å². The number of benzene rings is 2. The predicted octanol–water partition coefficient (Wildman–Crippen LogP) is 6.87. The van der Waals surface area contributed by atoms with Crippen molar-refractivity contribution < 1.29 is 28.5 Å². The Kier molecular flexibility index (Phi) is 8.59. The molecule has 2 aromatic carbocycles. The lowest BCUT2D eigenvalue weighted by atomic mass is 9.73. The van der Waals surface area contributed by atoms with Crippen LogP contribution in [0.5, 0.6) is 28.7 Å². The lowest BCUT2D eigenvalue weighted by Crippen LogP contribution is -2.44. The van der Waals surface area contributed by atoms with Crippen molar-refractivity contribution in [2.75, 3.05) is 28.4 Å². The lowest BCUT2D eigenvalue weighted by Gasteiger charge is -2.40. The molecule has 1 aliphatic rings. The van der Waals surface area contributed by atoms with Gasteiger partial charge in [-0.15, -0.1) is 6.58 Å². The van der Waals surface area contributed by atoms with E-state index < -0.39 is 13.9 Å². The van der Waals surface area contributed by atoms with Gasteiger partial charge in [-0.1, -0.05) is 32.9 Å². The number of fused-ring (bicyclic) bond motifs is 1. The van der Waals surface area contributed by atoms with Crippen molar-refractivity contribution in [2.45, 2.75) is 70.2 Å². The van der Waals surface area contributed by atoms with Crippen molar-refractivity contribution in [3.63, 3.8) is 0 Å². The van der Waals surface area contributed by atoms with Gasteiger partial charge in [0.15, 0.2) is 17.2 Å². The number of ether oxygens (including phenoxy) is 4. The van der Waals surface area contributed by atoms with E-state index >= 15 is 0 Å². The van der Waals surface area contributed by atoms with E-state index in [1.807, 2.05) is 30.3 Å². The highest BCUT2D eigenvalue weighted by molar-refractivity contribution is 6.74. The normalized spacial score (nSPS) is 19.9. The molecular formula is C30H44O6Si. The van der Waals surface area contributed by atoms with Gasteiger partial charge in [-0.05, 0) is 79.1 Å². The van der Waals surface area contributed by atoms with Crippen LogP contribution in [0.4, 0.5) is 0 Å². The molecule has 0 heterocycles. The van der Waals surface area contributed by atoms with E-state index in [0.717, 1.165) is 36.1 Å². The zero-order chi connectivity index (χ0) is 27.6. The molecule has 1 aliphatic carbocycles. The molecule has 0 radical (unpaired) electrons. The summed E-state index contributed by atoms with van der Waals surface area (Å²) < 4.78 is 29.6. The number of hydrogen-bond acceptors (Lipinski definition) is 6. The van der Waals surface area contributed by atoms with Crippen molar-refractivity contribution in [2.24, 2.45) is 5.92 Å². The Morgan fingerprint density at radius 3 is 2.05 bits per heavy atom. The molecule has 1 N–H and O–H groups in total. The summed E-state index contributed by atoms with van der Waals surface area (Å²) in [5.74, 6) is 2.82. The molecule has 0 saturated heterocycles. The van der Waals surface area contributed by atoms with Crippen LogP contribution in [0.15, 0.2) is 36.9 Å². The minimum absolute atomic E-state index is 0.00383. The van der Waals surface area contributed by atoms with Crippen molar-refractivity contribution >= 4 is 8.32 Å². The fourth-order valence-electron chi connectivity index (χ4n) is 5.03. The maximum atomic E-state index is 12.8. The zero-order valence-electron chi connectivity index (χ0n) is 24.0. The minimum Gasteiger partial charge on any atom is -0.541 e. The van der Waals surface area contributed by atoms with Crippen LogP contribution >= 0.6 is 0 Å². The summed E-state index contributed by atoms with van der Waals surface area (Å²) in [6, 6.07) is 7.61. The summed E-state index contributed by atoms with van der Waals surface area (Å²) in [5.41, 5.74) is 1.15. The van der Waals surface area contributed by atoms with Gasteiger partial charge in [-0.2, -0.15) is 0 Å². The van der Waals surface area contributed by atoms with Crippen LogP contribution in [0.2, 0.25) is 18.1 Å². The van der Waals surface area contributed by atoms with Crippen LogP contribution in [0, 0.1) is 5.92 Å². The molecule has 0 amide bonds. The molecule has 6 nitrogen and oxygen atoms in total. The monoisotopic (exact) mass is 528 g/mol. The molecule has 2 aromatic rings. The van der Waals surface area contributed by atoms with Gasteiger partial charge in [0.1, 0.15) is 11.4 Å². The lowest BCUT2D eigenvalue weighted by molar-refractivity contribution is 0.0146. The molecule has 7 heteroatoms. The second kappa shape index (κ2) is 11.0. The van der Waals surface area contributed by atoms with Crippen LogP contribution in [-0.4, -0.2) is 41.9 Å². The zero-order valence-corrected chi connectivity index (χ0v) is 25.0. The number of aliphatic hydroxyl groups is 1. The third-order valence-electron chi connectivity index (χ3n) is 8.14. The van der Waals surface area contributed by atoms with Gasteiger partial charge in [0, 0.05) is 5.56 Å². The number of allylic oxidation sites excluding steroid dienone is 1. The maximum absolute atomic E-state index is 12.8. The highest BCUT2D eigenvalue weighted by atomic mass is 28.4. The Labute approximate surface area is 223 Å². The van der Waals surface area contributed by atoms with E-state index in [2.05, 4.69) is 40.4 Å². The topological polar surface area (TPSA) is 66.4 Å². The summed E-state index contributed by atoms with van der Waals surface area (Å²) in [4.78, 5) is 0. The third-order valence-corrected chi connectivity index (χ3v) is 12.5. The summed E-state index contributed by atoms with van der Waals surface area (Å²) in [6.45, 7) is 15.1. The summed E-state index contributed by atoms with van der Waals surface area (Å²) >= 11 is 0. The first-order valence-corrected chi connectivity index (χ1v) is 15.8. The average Bonchev–Trinajstić information content (AvgIpc) is 3.00. The molecule has 204 valence electrons. The largest absolute Gasteiger partial charge is 0.541 e. The Hall–Kier alpha value is -2.64. The molecule has 0 aliphatic heterocycles. The maximum Gasteiger partial charge on any atom is 0.250 e. The molecule has 0 saturated carbocycles. The second-order valence-corrected chi connectivity index (χ2v) is 16.0. The fraction of sp³-hybridized carbons (Fsp3) is 0.533. The van der Waals surface area contributed by atoms with Gasteiger partial charge in [0.25, 0.3) is 8.32 Å². The average molecular weight is 529 g/mol. The molecule has 0 fully saturated rings. The van der Waals surface area contributed by atoms with E-state index in [1.165, 1.54) is 0 Å². The molecular weight excluding hydrogens is 484 g/mol. The quantitative estimate of drug-likeness (QED) is 0.218. The fourth-order valence-corrected chi connectivity index (χ4v) is 6.07. The summed E-state index contributed by atoms with van der Waals surface area (Å²) in [5, 5.41) is 12.8. The molecule has 0 spiro atoms. The molecule has 3 rings (SSSR count). The Morgan fingerprint density at radius 2 is 1.57 bits per heavy atom. The number of hydrogen-bond donors (Lipinski definition) is 1. The molecule has 2 atom stereocenters.